The Kier molecular flexibility index (Phi) is 7.48. The van der Waals surface area contributed by atoms with Gasteiger partial charge in [-0.25, -0.2) is 0 Å². The van der Waals surface area contributed by atoms with Crippen molar-refractivity contribution < 1.29 is 15.0 Å². The maximum absolute atomic E-state index is 10.6. The second-order valence-electron chi connectivity index (χ2n) is 6.11. The summed E-state index contributed by atoms with van der Waals surface area (Å²) in [5, 5.41) is 22.4. The Morgan fingerprint density at radius 3 is 2.35 bits per heavy atom. The molecule has 118 valence electrons. The molecule has 0 heterocycles. The lowest BCUT2D eigenvalue weighted by atomic mass is 9.85. The monoisotopic (exact) mass is 286 g/mol. The molecule has 0 unspecified atom stereocenters. The van der Waals surface area contributed by atoms with Crippen molar-refractivity contribution in [2.75, 3.05) is 6.54 Å². The lowest BCUT2D eigenvalue weighted by Crippen LogP contribution is -2.53. The molecule has 5 nitrogen and oxygen atoms in total. The van der Waals surface area contributed by atoms with Crippen LogP contribution < -0.4 is 11.1 Å². The van der Waals surface area contributed by atoms with Crippen LogP contribution in [0.4, 0.5) is 0 Å². The van der Waals surface area contributed by atoms with Crippen molar-refractivity contribution in [3.05, 3.63) is 0 Å². The van der Waals surface area contributed by atoms with E-state index in [-0.39, 0.29) is 11.6 Å². The number of nitrogens with one attached hydrogen (secondary N) is 1. The fourth-order valence-corrected chi connectivity index (χ4v) is 3.05. The van der Waals surface area contributed by atoms with Crippen LogP contribution in [0.2, 0.25) is 0 Å². The Hall–Kier alpha value is -0.650. The minimum absolute atomic E-state index is 0.147. The Morgan fingerprint density at radius 1 is 1.25 bits per heavy atom. The van der Waals surface area contributed by atoms with E-state index < -0.39 is 12.0 Å². The van der Waals surface area contributed by atoms with Crippen LogP contribution in [0.25, 0.3) is 0 Å². The number of aliphatic hydroxyl groups excluding tert-OH is 1. The molecule has 0 bridgehead atoms. The molecular formula is C15H30N2O3. The van der Waals surface area contributed by atoms with Gasteiger partial charge in [0.2, 0.25) is 0 Å². The molecular weight excluding hydrogens is 256 g/mol. The number of hydrogen-bond donors (Lipinski definition) is 4. The summed E-state index contributed by atoms with van der Waals surface area (Å²) >= 11 is 0. The fourth-order valence-electron chi connectivity index (χ4n) is 3.05. The molecule has 0 amide bonds. The van der Waals surface area contributed by atoms with Gasteiger partial charge in [0.05, 0.1) is 6.10 Å². The third-order valence-electron chi connectivity index (χ3n) is 4.53. The quantitative estimate of drug-likeness (QED) is 0.402. The van der Waals surface area contributed by atoms with Crippen molar-refractivity contribution >= 4 is 5.97 Å². The van der Waals surface area contributed by atoms with Crippen LogP contribution in [-0.2, 0) is 4.79 Å². The summed E-state index contributed by atoms with van der Waals surface area (Å²) in [7, 11) is 0. The molecule has 1 aliphatic carbocycles. The first-order chi connectivity index (χ1) is 9.48. The van der Waals surface area contributed by atoms with Crippen molar-refractivity contribution in [1.82, 2.24) is 5.32 Å². The first-order valence-electron chi connectivity index (χ1n) is 7.89. The minimum Gasteiger partial charge on any atom is -0.480 e. The zero-order chi connectivity index (χ0) is 15.0. The molecule has 2 atom stereocenters. The smallest absolute Gasteiger partial charge is 0.320 e. The Balaban J connectivity index is 2.31. The molecule has 5 heteroatoms. The molecule has 0 radical (unpaired) electrons. The van der Waals surface area contributed by atoms with Gasteiger partial charge < -0.3 is 21.3 Å². The molecule has 5 N–H and O–H groups in total. The highest BCUT2D eigenvalue weighted by Crippen LogP contribution is 2.30. The van der Waals surface area contributed by atoms with Crippen molar-refractivity contribution in [2.45, 2.75) is 82.4 Å². The SMILES string of the molecule is C[C@H](O)C1(NCCCC[C@H](N)C(=O)O)CCCCCC1. The van der Waals surface area contributed by atoms with E-state index in [0.717, 1.165) is 32.2 Å². The molecule has 1 fully saturated rings. The van der Waals surface area contributed by atoms with Gasteiger partial charge in [0.25, 0.3) is 0 Å². The number of aliphatic hydroxyl groups is 1. The molecule has 1 saturated carbocycles. The second kappa shape index (κ2) is 8.60. The molecule has 0 aromatic rings. The minimum atomic E-state index is -0.929. The van der Waals surface area contributed by atoms with Gasteiger partial charge in [-0.1, -0.05) is 32.1 Å². The van der Waals surface area contributed by atoms with Crippen LogP contribution in [0.1, 0.15) is 64.7 Å². The number of unbranched alkanes of at least 4 members (excludes halogenated alkanes) is 1. The maximum atomic E-state index is 10.6. The zero-order valence-electron chi connectivity index (χ0n) is 12.6. The number of carboxylic acid groups (broad SMARTS) is 1. The number of carbonyl (C=O) groups is 1. The van der Waals surface area contributed by atoms with Gasteiger partial charge in [-0.3, -0.25) is 4.79 Å². The van der Waals surface area contributed by atoms with Crippen molar-refractivity contribution in [3.8, 4) is 0 Å². The predicted octanol–water partition coefficient (Wildman–Crippen LogP) is 1.63. The zero-order valence-corrected chi connectivity index (χ0v) is 12.6. The molecule has 0 aromatic carbocycles. The molecule has 1 aliphatic rings. The first kappa shape index (κ1) is 17.4. The number of aliphatic carboxylic acids is 1. The lowest BCUT2D eigenvalue weighted by molar-refractivity contribution is -0.138. The average molecular weight is 286 g/mol. The van der Waals surface area contributed by atoms with Gasteiger partial charge in [0.15, 0.2) is 0 Å². The van der Waals surface area contributed by atoms with Gasteiger partial charge in [-0.15, -0.1) is 0 Å². The van der Waals surface area contributed by atoms with Crippen LogP contribution >= 0.6 is 0 Å². The van der Waals surface area contributed by atoms with E-state index in [4.69, 9.17) is 10.8 Å². The largest absolute Gasteiger partial charge is 0.480 e. The third-order valence-corrected chi connectivity index (χ3v) is 4.53. The van der Waals surface area contributed by atoms with E-state index in [0.29, 0.717) is 6.42 Å². The van der Waals surface area contributed by atoms with Crippen LogP contribution in [0.15, 0.2) is 0 Å². The average Bonchev–Trinajstić information content (AvgIpc) is 2.64. The van der Waals surface area contributed by atoms with Crippen molar-refractivity contribution in [3.63, 3.8) is 0 Å². The summed E-state index contributed by atoms with van der Waals surface area (Å²) < 4.78 is 0. The predicted molar refractivity (Wildman–Crippen MR) is 79.6 cm³/mol. The summed E-state index contributed by atoms with van der Waals surface area (Å²) in [6, 6.07) is -0.751. The molecule has 0 spiro atoms. The lowest BCUT2D eigenvalue weighted by Gasteiger charge is -2.37. The molecule has 0 saturated heterocycles. The summed E-state index contributed by atoms with van der Waals surface area (Å²) in [4.78, 5) is 10.6. The molecule has 0 aliphatic heterocycles. The summed E-state index contributed by atoms with van der Waals surface area (Å²) in [6.45, 7) is 2.69. The summed E-state index contributed by atoms with van der Waals surface area (Å²) in [5.74, 6) is -0.929. The standard InChI is InChI=1S/C15H30N2O3/c1-12(18)15(9-5-2-3-6-10-15)17-11-7-4-8-13(16)14(19)20/h12-13,17-18H,2-11,16H2,1H3,(H,19,20)/t12-,13-/m0/s1. The number of carboxylic acids is 1. The van der Waals surface area contributed by atoms with Gasteiger partial charge >= 0.3 is 5.97 Å². The number of rotatable bonds is 8. The van der Waals surface area contributed by atoms with E-state index in [1.807, 2.05) is 6.92 Å². The summed E-state index contributed by atoms with van der Waals surface area (Å²) in [6.07, 6.45) is 8.77. The van der Waals surface area contributed by atoms with Gasteiger partial charge in [-0.2, -0.15) is 0 Å². The Bertz CT molecular complexity index is 287. The van der Waals surface area contributed by atoms with Crippen LogP contribution in [0, 0.1) is 0 Å². The van der Waals surface area contributed by atoms with Gasteiger partial charge in [0.1, 0.15) is 6.04 Å². The molecule has 20 heavy (non-hydrogen) atoms. The Morgan fingerprint density at radius 2 is 1.85 bits per heavy atom. The highest BCUT2D eigenvalue weighted by atomic mass is 16.4. The highest BCUT2D eigenvalue weighted by Gasteiger charge is 2.34. The molecule has 1 rings (SSSR count). The normalized spacial score (nSPS) is 21.9. The Labute approximate surface area is 121 Å². The number of nitrogens with two attached hydrogens (primary N) is 1. The van der Waals surface area contributed by atoms with E-state index >= 15 is 0 Å². The number of hydrogen-bond acceptors (Lipinski definition) is 4. The van der Waals surface area contributed by atoms with E-state index in [1.54, 1.807) is 0 Å². The maximum Gasteiger partial charge on any atom is 0.320 e. The summed E-state index contributed by atoms with van der Waals surface area (Å²) in [5.41, 5.74) is 5.33. The van der Waals surface area contributed by atoms with Crippen LogP contribution in [0.5, 0.6) is 0 Å². The molecule has 0 aromatic heterocycles. The van der Waals surface area contributed by atoms with E-state index in [1.165, 1.54) is 25.7 Å². The van der Waals surface area contributed by atoms with Crippen LogP contribution in [0.3, 0.4) is 0 Å². The third kappa shape index (κ3) is 5.38. The second-order valence-corrected chi connectivity index (χ2v) is 6.11. The van der Waals surface area contributed by atoms with Gasteiger partial charge in [-0.05, 0) is 39.2 Å². The van der Waals surface area contributed by atoms with E-state index in [9.17, 15) is 9.90 Å². The highest BCUT2D eigenvalue weighted by molar-refractivity contribution is 5.72. The van der Waals surface area contributed by atoms with Crippen molar-refractivity contribution in [1.29, 1.82) is 0 Å². The topological polar surface area (TPSA) is 95.6 Å². The fraction of sp³-hybridized carbons (Fsp3) is 0.933. The first-order valence-corrected chi connectivity index (χ1v) is 7.89. The van der Waals surface area contributed by atoms with Crippen LogP contribution in [-0.4, -0.2) is 40.4 Å². The van der Waals surface area contributed by atoms with Crippen molar-refractivity contribution in [2.24, 2.45) is 5.73 Å². The van der Waals surface area contributed by atoms with Gasteiger partial charge in [0, 0.05) is 5.54 Å². The van der Waals surface area contributed by atoms with E-state index in [2.05, 4.69) is 5.32 Å².